The van der Waals surface area contributed by atoms with E-state index >= 15 is 0 Å². The molecule has 1 aromatic heterocycles. The van der Waals surface area contributed by atoms with Gasteiger partial charge in [-0.1, -0.05) is 6.92 Å². The van der Waals surface area contributed by atoms with Crippen LogP contribution in [0.5, 0.6) is 0 Å². The lowest BCUT2D eigenvalue weighted by molar-refractivity contribution is 0.600. The van der Waals surface area contributed by atoms with E-state index < -0.39 is 0 Å². The first-order valence-electron chi connectivity index (χ1n) is 6.90. The fourth-order valence-corrected chi connectivity index (χ4v) is 2.34. The van der Waals surface area contributed by atoms with Crippen molar-refractivity contribution in [1.29, 1.82) is 0 Å². The molecule has 0 saturated heterocycles. The number of anilines is 2. The highest BCUT2D eigenvalue weighted by Crippen LogP contribution is 2.36. The van der Waals surface area contributed by atoms with E-state index in [2.05, 4.69) is 35.8 Å². The predicted octanol–water partition coefficient (Wildman–Crippen LogP) is 2.55. The standard InChI is InChI=1S/C14H24N4/c1-5-6-12-16-13(15)9(2)14(17-12)18(4)10(3)11-7-8-11/h10-11H,5-8H2,1-4H3,(H2,15,16,17). The topological polar surface area (TPSA) is 55.0 Å². The van der Waals surface area contributed by atoms with Crippen LogP contribution in [0.1, 0.15) is 44.5 Å². The zero-order chi connectivity index (χ0) is 13.3. The summed E-state index contributed by atoms with van der Waals surface area (Å²) in [6.07, 6.45) is 4.62. The second kappa shape index (κ2) is 5.12. The van der Waals surface area contributed by atoms with Crippen LogP contribution in [0.2, 0.25) is 0 Å². The lowest BCUT2D eigenvalue weighted by Crippen LogP contribution is -2.32. The van der Waals surface area contributed by atoms with Crippen molar-refractivity contribution in [3.63, 3.8) is 0 Å². The Morgan fingerprint density at radius 1 is 1.39 bits per heavy atom. The molecule has 1 unspecified atom stereocenters. The molecule has 4 nitrogen and oxygen atoms in total. The first kappa shape index (κ1) is 13.1. The van der Waals surface area contributed by atoms with Crippen molar-refractivity contribution in [2.75, 3.05) is 17.7 Å². The zero-order valence-electron chi connectivity index (χ0n) is 11.9. The van der Waals surface area contributed by atoms with Gasteiger partial charge in [0.25, 0.3) is 0 Å². The van der Waals surface area contributed by atoms with Gasteiger partial charge in [-0.05, 0) is 39.0 Å². The smallest absolute Gasteiger partial charge is 0.137 e. The van der Waals surface area contributed by atoms with Crippen molar-refractivity contribution < 1.29 is 0 Å². The normalized spacial score (nSPS) is 16.7. The summed E-state index contributed by atoms with van der Waals surface area (Å²) in [6.45, 7) is 6.42. The number of aryl methyl sites for hydroxylation is 1. The van der Waals surface area contributed by atoms with E-state index in [-0.39, 0.29) is 0 Å². The summed E-state index contributed by atoms with van der Waals surface area (Å²) in [6, 6.07) is 0.535. The third kappa shape index (κ3) is 2.57. The summed E-state index contributed by atoms with van der Waals surface area (Å²) in [7, 11) is 2.12. The van der Waals surface area contributed by atoms with E-state index in [1.54, 1.807) is 0 Å². The van der Waals surface area contributed by atoms with Crippen molar-refractivity contribution in [3.8, 4) is 0 Å². The van der Waals surface area contributed by atoms with Crippen LogP contribution in [0.15, 0.2) is 0 Å². The van der Waals surface area contributed by atoms with Gasteiger partial charge in [0.2, 0.25) is 0 Å². The average molecular weight is 248 g/mol. The summed E-state index contributed by atoms with van der Waals surface area (Å²) in [5.41, 5.74) is 7.01. The Hall–Kier alpha value is -1.32. The van der Waals surface area contributed by atoms with Crippen molar-refractivity contribution in [3.05, 3.63) is 11.4 Å². The number of nitrogens with two attached hydrogens (primary N) is 1. The molecular formula is C14H24N4. The van der Waals surface area contributed by atoms with Crippen LogP contribution >= 0.6 is 0 Å². The second-order valence-electron chi connectivity index (χ2n) is 5.41. The number of rotatable bonds is 5. The molecule has 1 saturated carbocycles. The Balaban J connectivity index is 2.29. The van der Waals surface area contributed by atoms with Crippen LogP contribution in [-0.4, -0.2) is 23.1 Å². The van der Waals surface area contributed by atoms with Gasteiger partial charge >= 0.3 is 0 Å². The maximum atomic E-state index is 6.00. The number of aromatic nitrogens is 2. The molecule has 0 aromatic carbocycles. The molecule has 100 valence electrons. The lowest BCUT2D eigenvalue weighted by Gasteiger charge is -2.28. The fraction of sp³-hybridized carbons (Fsp3) is 0.714. The highest BCUT2D eigenvalue weighted by molar-refractivity contribution is 5.56. The first-order chi connectivity index (χ1) is 8.54. The molecular weight excluding hydrogens is 224 g/mol. The third-order valence-electron chi connectivity index (χ3n) is 3.93. The monoisotopic (exact) mass is 248 g/mol. The van der Waals surface area contributed by atoms with Crippen molar-refractivity contribution in [2.45, 2.75) is 52.5 Å². The van der Waals surface area contributed by atoms with E-state index in [1.807, 2.05) is 6.92 Å². The minimum Gasteiger partial charge on any atom is -0.383 e. The van der Waals surface area contributed by atoms with Crippen LogP contribution in [0, 0.1) is 12.8 Å². The molecule has 2 rings (SSSR count). The first-order valence-corrected chi connectivity index (χ1v) is 6.90. The molecule has 4 heteroatoms. The van der Waals surface area contributed by atoms with Gasteiger partial charge < -0.3 is 10.6 Å². The van der Waals surface area contributed by atoms with E-state index in [9.17, 15) is 0 Å². The van der Waals surface area contributed by atoms with Crippen LogP contribution < -0.4 is 10.6 Å². The van der Waals surface area contributed by atoms with Crippen LogP contribution in [-0.2, 0) is 6.42 Å². The zero-order valence-corrected chi connectivity index (χ0v) is 11.9. The molecule has 0 amide bonds. The van der Waals surface area contributed by atoms with Crippen molar-refractivity contribution in [1.82, 2.24) is 9.97 Å². The molecule has 1 aliphatic carbocycles. The largest absolute Gasteiger partial charge is 0.383 e. The Morgan fingerprint density at radius 2 is 2.06 bits per heavy atom. The summed E-state index contributed by atoms with van der Waals surface area (Å²) >= 11 is 0. The molecule has 0 spiro atoms. The van der Waals surface area contributed by atoms with Gasteiger partial charge in [-0.3, -0.25) is 0 Å². The average Bonchev–Trinajstić information content (AvgIpc) is 3.16. The number of nitrogens with zero attached hydrogens (tertiary/aromatic N) is 3. The van der Waals surface area contributed by atoms with Crippen LogP contribution in [0.3, 0.4) is 0 Å². The second-order valence-corrected chi connectivity index (χ2v) is 5.41. The minimum atomic E-state index is 0.535. The summed E-state index contributed by atoms with van der Waals surface area (Å²) in [4.78, 5) is 11.3. The van der Waals surface area contributed by atoms with E-state index in [4.69, 9.17) is 5.73 Å². The number of hydrogen-bond donors (Lipinski definition) is 1. The molecule has 0 radical (unpaired) electrons. The molecule has 1 fully saturated rings. The summed E-state index contributed by atoms with van der Waals surface area (Å²) in [5.74, 6) is 3.31. The number of nitrogen functional groups attached to an aromatic ring is 1. The van der Waals surface area contributed by atoms with Gasteiger partial charge in [-0.15, -0.1) is 0 Å². The molecule has 2 N–H and O–H groups in total. The lowest BCUT2D eigenvalue weighted by atomic mass is 10.1. The maximum absolute atomic E-state index is 6.00. The van der Waals surface area contributed by atoms with Gasteiger partial charge in [0, 0.05) is 25.1 Å². The Morgan fingerprint density at radius 3 is 2.61 bits per heavy atom. The van der Waals surface area contributed by atoms with Crippen LogP contribution in [0.4, 0.5) is 11.6 Å². The fourth-order valence-electron chi connectivity index (χ4n) is 2.34. The molecule has 1 aliphatic rings. The third-order valence-corrected chi connectivity index (χ3v) is 3.93. The van der Waals surface area contributed by atoms with Crippen molar-refractivity contribution in [2.24, 2.45) is 5.92 Å². The molecule has 1 heterocycles. The van der Waals surface area contributed by atoms with Gasteiger partial charge in [0.1, 0.15) is 17.5 Å². The van der Waals surface area contributed by atoms with E-state index in [0.29, 0.717) is 11.9 Å². The minimum absolute atomic E-state index is 0.535. The Labute approximate surface area is 110 Å². The quantitative estimate of drug-likeness (QED) is 0.870. The van der Waals surface area contributed by atoms with E-state index in [1.165, 1.54) is 12.8 Å². The van der Waals surface area contributed by atoms with Crippen LogP contribution in [0.25, 0.3) is 0 Å². The predicted molar refractivity (Wildman–Crippen MR) is 75.8 cm³/mol. The Bertz CT molecular complexity index is 426. The highest BCUT2D eigenvalue weighted by Gasteiger charge is 2.31. The van der Waals surface area contributed by atoms with Gasteiger partial charge in [-0.25, -0.2) is 9.97 Å². The maximum Gasteiger partial charge on any atom is 0.137 e. The molecule has 1 aromatic rings. The number of hydrogen-bond acceptors (Lipinski definition) is 4. The molecule has 18 heavy (non-hydrogen) atoms. The van der Waals surface area contributed by atoms with E-state index in [0.717, 1.165) is 36.0 Å². The summed E-state index contributed by atoms with van der Waals surface area (Å²) < 4.78 is 0. The van der Waals surface area contributed by atoms with Crippen molar-refractivity contribution >= 4 is 11.6 Å². The van der Waals surface area contributed by atoms with Gasteiger partial charge in [0.05, 0.1) is 0 Å². The van der Waals surface area contributed by atoms with Gasteiger partial charge in [0.15, 0.2) is 0 Å². The van der Waals surface area contributed by atoms with Gasteiger partial charge in [-0.2, -0.15) is 0 Å². The summed E-state index contributed by atoms with van der Waals surface area (Å²) in [5, 5.41) is 0. The molecule has 1 atom stereocenters. The highest BCUT2D eigenvalue weighted by atomic mass is 15.2. The molecule has 0 aliphatic heterocycles. The molecule has 0 bridgehead atoms. The Kier molecular flexibility index (Phi) is 3.73. The SMILES string of the molecule is CCCc1nc(N)c(C)c(N(C)C(C)C2CC2)n1.